The third kappa shape index (κ3) is 3.12. The van der Waals surface area contributed by atoms with E-state index in [0.717, 1.165) is 23.5 Å². The fraction of sp³-hybridized carbons (Fsp3) is 0.800. The summed E-state index contributed by atoms with van der Waals surface area (Å²) in [6.07, 6.45) is 6.60. The maximum absolute atomic E-state index is 10.7. The van der Waals surface area contributed by atoms with E-state index < -0.39 is 0 Å². The van der Waals surface area contributed by atoms with Gasteiger partial charge in [-0.1, -0.05) is 26.7 Å². The Morgan fingerprint density at radius 3 is 2.56 bits per heavy atom. The van der Waals surface area contributed by atoms with Crippen LogP contribution in [0.5, 0.6) is 0 Å². The van der Waals surface area contributed by atoms with E-state index in [0.29, 0.717) is 5.92 Å². The van der Waals surface area contributed by atoms with Crippen LogP contribution in [0.1, 0.15) is 56.7 Å². The molecule has 0 bridgehead atoms. The Morgan fingerprint density at radius 1 is 1.39 bits per heavy atom. The van der Waals surface area contributed by atoms with Crippen LogP contribution in [0.25, 0.3) is 0 Å². The van der Waals surface area contributed by atoms with Crippen LogP contribution in [0.4, 0.5) is 0 Å². The Labute approximate surface area is 114 Å². The van der Waals surface area contributed by atoms with Gasteiger partial charge in [0, 0.05) is 11.8 Å². The van der Waals surface area contributed by atoms with E-state index in [1.54, 1.807) is 11.3 Å². The maximum Gasteiger partial charge on any atom is 0.0897 e. The first kappa shape index (κ1) is 14.0. The molecule has 1 aromatic rings. The molecule has 18 heavy (non-hydrogen) atoms. The third-order valence-corrected chi connectivity index (χ3v) is 5.01. The number of rotatable bonds is 5. The first-order chi connectivity index (χ1) is 8.52. The lowest BCUT2D eigenvalue weighted by Crippen LogP contribution is -2.35. The summed E-state index contributed by atoms with van der Waals surface area (Å²) in [5.41, 5.74) is 1.23. The molecule has 1 unspecified atom stereocenters. The zero-order chi connectivity index (χ0) is 13.2. The number of thiazole rings is 1. The second-order valence-corrected chi connectivity index (χ2v) is 7.31. The molecule has 3 heteroatoms. The smallest absolute Gasteiger partial charge is 0.0897 e. The van der Waals surface area contributed by atoms with Gasteiger partial charge in [0.05, 0.1) is 16.8 Å². The second-order valence-electron chi connectivity index (χ2n) is 6.25. The lowest BCUT2D eigenvalue weighted by Gasteiger charge is -2.35. The molecule has 1 aliphatic rings. The van der Waals surface area contributed by atoms with Gasteiger partial charge in [0.25, 0.3) is 0 Å². The minimum atomic E-state index is -0.219. The van der Waals surface area contributed by atoms with Crippen LogP contribution >= 0.6 is 11.3 Å². The highest BCUT2D eigenvalue weighted by Crippen LogP contribution is 2.46. The Hall–Kier alpha value is -0.410. The number of nitrogens with zero attached hydrogens (tertiary/aromatic N) is 1. The van der Waals surface area contributed by atoms with E-state index in [9.17, 15) is 5.11 Å². The van der Waals surface area contributed by atoms with Gasteiger partial charge in [-0.3, -0.25) is 0 Å². The van der Waals surface area contributed by atoms with Gasteiger partial charge in [0.2, 0.25) is 0 Å². The number of aliphatic hydroxyl groups excluding tert-OH is 1. The van der Waals surface area contributed by atoms with Crippen LogP contribution in [0.15, 0.2) is 5.38 Å². The summed E-state index contributed by atoms with van der Waals surface area (Å²) < 4.78 is 0. The Bertz CT molecular complexity index is 380. The van der Waals surface area contributed by atoms with Crippen molar-refractivity contribution >= 4 is 11.3 Å². The van der Waals surface area contributed by atoms with Crippen LogP contribution in [0, 0.1) is 18.3 Å². The predicted octanol–water partition coefficient (Wildman–Crippen LogP) is 3.96. The molecule has 0 radical (unpaired) electrons. The average molecular weight is 267 g/mol. The van der Waals surface area contributed by atoms with Crippen LogP contribution in [-0.2, 0) is 6.42 Å². The fourth-order valence-electron chi connectivity index (χ4n) is 3.48. The molecule has 1 heterocycles. The molecule has 0 aromatic carbocycles. The zero-order valence-electron chi connectivity index (χ0n) is 11.8. The number of aliphatic hydroxyl groups is 1. The quantitative estimate of drug-likeness (QED) is 0.876. The zero-order valence-corrected chi connectivity index (χ0v) is 12.6. The molecule has 1 fully saturated rings. The van der Waals surface area contributed by atoms with Crippen LogP contribution in [-0.4, -0.2) is 16.2 Å². The highest BCUT2D eigenvalue weighted by molar-refractivity contribution is 7.09. The van der Waals surface area contributed by atoms with E-state index >= 15 is 0 Å². The van der Waals surface area contributed by atoms with Gasteiger partial charge in [-0.15, -0.1) is 11.3 Å². The van der Waals surface area contributed by atoms with Gasteiger partial charge in [0.1, 0.15) is 0 Å². The molecule has 1 saturated carbocycles. The van der Waals surface area contributed by atoms with Crippen molar-refractivity contribution in [1.82, 2.24) is 4.98 Å². The van der Waals surface area contributed by atoms with Crippen molar-refractivity contribution in [3.8, 4) is 0 Å². The van der Waals surface area contributed by atoms with Gasteiger partial charge in [-0.05, 0) is 37.5 Å². The Balaban J connectivity index is 2.06. The number of aryl methyl sites for hydroxylation is 1. The topological polar surface area (TPSA) is 33.1 Å². The molecule has 1 N–H and O–H groups in total. The normalized spacial score (nSPS) is 20.5. The average Bonchev–Trinajstić information content (AvgIpc) is 2.88. The van der Waals surface area contributed by atoms with Crippen molar-refractivity contribution in [2.75, 3.05) is 0 Å². The summed E-state index contributed by atoms with van der Waals surface area (Å²) in [6, 6.07) is 0. The van der Waals surface area contributed by atoms with Gasteiger partial charge in [-0.2, -0.15) is 0 Å². The minimum Gasteiger partial charge on any atom is -0.392 e. The molecule has 2 rings (SSSR count). The summed E-state index contributed by atoms with van der Waals surface area (Å²) in [6.45, 7) is 6.56. The highest BCUT2D eigenvalue weighted by Gasteiger charge is 2.40. The third-order valence-electron chi connectivity index (χ3n) is 4.19. The standard InChI is InChI=1S/C15H25NOS/c1-11(2)9-15(6-4-5-7-15)14(17)8-13-10-18-12(3)16-13/h10-11,14,17H,4-9H2,1-3H3. The first-order valence-corrected chi connectivity index (χ1v) is 7.99. The SMILES string of the molecule is Cc1nc(CC(O)C2(CC(C)C)CCCC2)cs1. The minimum absolute atomic E-state index is 0.158. The first-order valence-electron chi connectivity index (χ1n) is 7.11. The van der Waals surface area contributed by atoms with Crippen molar-refractivity contribution in [1.29, 1.82) is 0 Å². The summed E-state index contributed by atoms with van der Waals surface area (Å²) in [5.74, 6) is 0.662. The Morgan fingerprint density at radius 2 is 2.06 bits per heavy atom. The second kappa shape index (κ2) is 5.70. The molecule has 1 atom stereocenters. The summed E-state index contributed by atoms with van der Waals surface area (Å²) in [4.78, 5) is 4.49. The summed E-state index contributed by atoms with van der Waals surface area (Å²) >= 11 is 1.68. The molecule has 0 amide bonds. The van der Waals surface area contributed by atoms with Gasteiger partial charge < -0.3 is 5.11 Å². The monoisotopic (exact) mass is 267 g/mol. The number of hydrogen-bond donors (Lipinski definition) is 1. The van der Waals surface area contributed by atoms with E-state index in [1.807, 2.05) is 6.92 Å². The van der Waals surface area contributed by atoms with Gasteiger partial charge >= 0.3 is 0 Å². The molecule has 2 nitrogen and oxygen atoms in total. The predicted molar refractivity (Wildman–Crippen MR) is 76.9 cm³/mol. The molecule has 1 aromatic heterocycles. The molecular weight excluding hydrogens is 242 g/mol. The van der Waals surface area contributed by atoms with Crippen molar-refractivity contribution < 1.29 is 5.11 Å². The van der Waals surface area contributed by atoms with Gasteiger partial charge in [0.15, 0.2) is 0 Å². The largest absolute Gasteiger partial charge is 0.392 e. The number of aromatic nitrogens is 1. The summed E-state index contributed by atoms with van der Waals surface area (Å²) in [5, 5.41) is 13.9. The van der Waals surface area contributed by atoms with Crippen molar-refractivity contribution in [2.24, 2.45) is 11.3 Å². The van der Waals surface area contributed by atoms with Crippen LogP contribution < -0.4 is 0 Å². The molecule has 1 aliphatic carbocycles. The Kier molecular flexibility index (Phi) is 4.44. The molecule has 0 aliphatic heterocycles. The van der Waals surface area contributed by atoms with Crippen LogP contribution in [0.2, 0.25) is 0 Å². The van der Waals surface area contributed by atoms with E-state index in [-0.39, 0.29) is 11.5 Å². The molecular formula is C15H25NOS. The van der Waals surface area contributed by atoms with Crippen molar-refractivity contribution in [2.45, 2.75) is 65.4 Å². The summed E-state index contributed by atoms with van der Waals surface area (Å²) in [7, 11) is 0. The lowest BCUT2D eigenvalue weighted by molar-refractivity contribution is 0.0128. The number of hydrogen-bond acceptors (Lipinski definition) is 3. The van der Waals surface area contributed by atoms with E-state index in [1.165, 1.54) is 25.7 Å². The van der Waals surface area contributed by atoms with Gasteiger partial charge in [-0.25, -0.2) is 4.98 Å². The molecule has 0 spiro atoms. The highest BCUT2D eigenvalue weighted by atomic mass is 32.1. The molecule has 102 valence electrons. The van der Waals surface area contributed by atoms with E-state index in [2.05, 4.69) is 24.2 Å². The fourth-order valence-corrected chi connectivity index (χ4v) is 4.11. The maximum atomic E-state index is 10.7. The van der Waals surface area contributed by atoms with Crippen LogP contribution in [0.3, 0.4) is 0 Å². The lowest BCUT2D eigenvalue weighted by atomic mass is 9.73. The molecule has 0 saturated heterocycles. The van der Waals surface area contributed by atoms with Crippen molar-refractivity contribution in [3.05, 3.63) is 16.1 Å². The van der Waals surface area contributed by atoms with E-state index in [4.69, 9.17) is 0 Å². The van der Waals surface area contributed by atoms with Crippen molar-refractivity contribution in [3.63, 3.8) is 0 Å².